The molecule has 0 N–H and O–H groups in total. The minimum Gasteiger partial charge on any atom is -0.452 e. The van der Waals surface area contributed by atoms with Gasteiger partial charge in [0.1, 0.15) is 5.76 Å². The molecule has 0 aliphatic heterocycles. The molecule has 4 heteroatoms. The lowest BCUT2D eigenvalue weighted by Crippen LogP contribution is -2.42. The SMILES string of the molecule is CC(C)(C)[Si](C)(C)OC(c1ccccc1)c1cc(C(=O)c2ccccc2)oc1-c1ccccc1. The van der Waals surface area contributed by atoms with Gasteiger partial charge in [0, 0.05) is 16.7 Å². The van der Waals surface area contributed by atoms with Crippen LogP contribution in [0.25, 0.3) is 11.3 Å². The maximum absolute atomic E-state index is 13.3. The molecule has 0 aliphatic carbocycles. The Morgan fingerprint density at radius 3 is 1.91 bits per heavy atom. The summed E-state index contributed by atoms with van der Waals surface area (Å²) in [6.45, 7) is 11.2. The number of rotatable bonds is 7. The van der Waals surface area contributed by atoms with Gasteiger partial charge >= 0.3 is 0 Å². The third-order valence-corrected chi connectivity index (χ3v) is 11.1. The molecule has 1 heterocycles. The molecular weight excluding hydrogens is 436 g/mol. The average Bonchev–Trinajstić information content (AvgIpc) is 3.28. The van der Waals surface area contributed by atoms with Gasteiger partial charge < -0.3 is 8.84 Å². The maximum atomic E-state index is 13.3. The summed E-state index contributed by atoms with van der Waals surface area (Å²) in [4.78, 5) is 13.3. The molecule has 4 aromatic rings. The van der Waals surface area contributed by atoms with Gasteiger partial charge in [-0.15, -0.1) is 0 Å². The standard InChI is InChI=1S/C30H32O3Si/c1-30(2,3)34(4,5)33-29(24-19-13-8-14-20-24)25-21-26(27(31)22-15-9-6-10-16-22)32-28(25)23-17-11-7-12-18-23/h6-21,29H,1-5H3. The lowest BCUT2D eigenvalue weighted by molar-refractivity contribution is 0.101. The first kappa shape index (κ1) is 23.9. The van der Waals surface area contributed by atoms with Crippen molar-refractivity contribution < 1.29 is 13.6 Å². The van der Waals surface area contributed by atoms with E-state index in [0.717, 1.165) is 16.7 Å². The van der Waals surface area contributed by atoms with Gasteiger partial charge in [0.2, 0.25) is 5.78 Å². The summed E-state index contributed by atoms with van der Waals surface area (Å²) in [7, 11) is -2.17. The van der Waals surface area contributed by atoms with Gasteiger partial charge in [-0.25, -0.2) is 0 Å². The van der Waals surface area contributed by atoms with E-state index >= 15 is 0 Å². The van der Waals surface area contributed by atoms with Crippen molar-refractivity contribution in [2.24, 2.45) is 0 Å². The van der Waals surface area contributed by atoms with Crippen molar-refractivity contribution in [1.82, 2.24) is 0 Å². The van der Waals surface area contributed by atoms with E-state index in [1.165, 1.54) is 0 Å². The number of carbonyl (C=O) groups is 1. The molecule has 4 rings (SSSR count). The van der Waals surface area contributed by atoms with Crippen molar-refractivity contribution in [1.29, 1.82) is 0 Å². The lowest BCUT2D eigenvalue weighted by atomic mass is 9.98. The number of hydrogen-bond donors (Lipinski definition) is 0. The Balaban J connectivity index is 1.89. The zero-order valence-electron chi connectivity index (χ0n) is 20.5. The molecule has 3 nitrogen and oxygen atoms in total. The number of hydrogen-bond acceptors (Lipinski definition) is 3. The molecule has 0 spiro atoms. The van der Waals surface area contributed by atoms with Crippen LogP contribution in [-0.2, 0) is 4.43 Å². The van der Waals surface area contributed by atoms with E-state index in [1.807, 2.05) is 84.9 Å². The predicted molar refractivity (Wildman–Crippen MR) is 141 cm³/mol. The van der Waals surface area contributed by atoms with Gasteiger partial charge in [-0.3, -0.25) is 4.79 Å². The van der Waals surface area contributed by atoms with Crippen molar-refractivity contribution in [2.75, 3.05) is 0 Å². The molecule has 0 amide bonds. The summed E-state index contributed by atoms with van der Waals surface area (Å²) in [6, 6.07) is 31.3. The molecule has 0 saturated carbocycles. The minimum atomic E-state index is -2.17. The smallest absolute Gasteiger partial charge is 0.228 e. The molecule has 1 unspecified atom stereocenters. The Kier molecular flexibility index (Phi) is 6.74. The van der Waals surface area contributed by atoms with Crippen LogP contribution >= 0.6 is 0 Å². The van der Waals surface area contributed by atoms with Crippen molar-refractivity contribution in [3.63, 3.8) is 0 Å². The highest BCUT2D eigenvalue weighted by Crippen LogP contribution is 2.44. The Morgan fingerprint density at radius 1 is 0.824 bits per heavy atom. The highest BCUT2D eigenvalue weighted by molar-refractivity contribution is 6.74. The number of benzene rings is 3. The van der Waals surface area contributed by atoms with E-state index in [1.54, 1.807) is 0 Å². The van der Waals surface area contributed by atoms with Crippen LogP contribution in [0.4, 0.5) is 0 Å². The van der Waals surface area contributed by atoms with E-state index in [4.69, 9.17) is 8.84 Å². The zero-order valence-corrected chi connectivity index (χ0v) is 21.5. The van der Waals surface area contributed by atoms with E-state index in [-0.39, 0.29) is 16.9 Å². The third kappa shape index (κ3) is 4.98. The fourth-order valence-electron chi connectivity index (χ4n) is 3.67. The van der Waals surface area contributed by atoms with Gasteiger partial charge in [-0.2, -0.15) is 0 Å². The van der Waals surface area contributed by atoms with E-state index < -0.39 is 8.32 Å². The van der Waals surface area contributed by atoms with Crippen molar-refractivity contribution in [3.8, 4) is 11.3 Å². The highest BCUT2D eigenvalue weighted by Gasteiger charge is 2.41. The molecule has 0 bridgehead atoms. The monoisotopic (exact) mass is 468 g/mol. The summed E-state index contributed by atoms with van der Waals surface area (Å²) in [5, 5.41) is 0.0271. The third-order valence-electron chi connectivity index (χ3n) is 6.66. The van der Waals surface area contributed by atoms with Crippen molar-refractivity contribution in [2.45, 2.75) is 45.0 Å². The van der Waals surface area contributed by atoms with Crippen LogP contribution in [0.1, 0.15) is 54.1 Å². The van der Waals surface area contributed by atoms with Crippen LogP contribution < -0.4 is 0 Å². The second kappa shape index (κ2) is 9.57. The normalized spacial score (nSPS) is 13.0. The fraction of sp³-hybridized carbons (Fsp3) is 0.233. The van der Waals surface area contributed by atoms with E-state index in [2.05, 4.69) is 46.0 Å². The molecular formula is C30H32O3Si. The van der Waals surface area contributed by atoms with Crippen LogP contribution in [0.5, 0.6) is 0 Å². The Labute approximate surface area is 203 Å². The van der Waals surface area contributed by atoms with Crippen LogP contribution in [0.2, 0.25) is 18.1 Å². The Bertz CT molecular complexity index is 1240. The second-order valence-corrected chi connectivity index (χ2v) is 14.9. The van der Waals surface area contributed by atoms with Gasteiger partial charge in [0.15, 0.2) is 14.1 Å². The fourth-order valence-corrected chi connectivity index (χ4v) is 4.87. The molecule has 174 valence electrons. The van der Waals surface area contributed by atoms with Crippen molar-refractivity contribution in [3.05, 3.63) is 120 Å². The molecule has 1 atom stereocenters. The zero-order chi connectivity index (χ0) is 24.3. The molecule has 0 fully saturated rings. The largest absolute Gasteiger partial charge is 0.452 e. The summed E-state index contributed by atoms with van der Waals surface area (Å²) >= 11 is 0. The quantitative estimate of drug-likeness (QED) is 0.202. The summed E-state index contributed by atoms with van der Waals surface area (Å²) in [5.41, 5.74) is 3.44. The maximum Gasteiger partial charge on any atom is 0.228 e. The van der Waals surface area contributed by atoms with Crippen LogP contribution in [0.3, 0.4) is 0 Å². The number of ketones is 1. The summed E-state index contributed by atoms with van der Waals surface area (Å²) < 4.78 is 13.3. The summed E-state index contributed by atoms with van der Waals surface area (Å²) in [6.07, 6.45) is -0.349. The first-order valence-corrected chi connectivity index (χ1v) is 14.6. The molecule has 0 saturated heterocycles. The molecule has 34 heavy (non-hydrogen) atoms. The van der Waals surface area contributed by atoms with Crippen LogP contribution in [0, 0.1) is 0 Å². The second-order valence-electron chi connectivity index (χ2n) is 10.1. The summed E-state index contributed by atoms with van der Waals surface area (Å²) in [5.74, 6) is 0.857. The molecule has 0 aliphatic rings. The van der Waals surface area contributed by atoms with Gasteiger partial charge in [-0.1, -0.05) is 112 Å². The minimum absolute atomic E-state index is 0.0271. The van der Waals surface area contributed by atoms with Gasteiger partial charge in [0.25, 0.3) is 0 Å². The van der Waals surface area contributed by atoms with Crippen LogP contribution in [0.15, 0.2) is 101 Å². The Hall–Kier alpha value is -3.21. The topological polar surface area (TPSA) is 39.4 Å². The first-order valence-electron chi connectivity index (χ1n) is 11.7. The predicted octanol–water partition coefficient (Wildman–Crippen LogP) is 8.29. The molecule has 3 aromatic carbocycles. The molecule has 0 radical (unpaired) electrons. The van der Waals surface area contributed by atoms with E-state index in [9.17, 15) is 4.79 Å². The van der Waals surface area contributed by atoms with Crippen molar-refractivity contribution >= 4 is 14.1 Å². The molecule has 1 aromatic heterocycles. The number of carbonyl (C=O) groups excluding carboxylic acids is 1. The van der Waals surface area contributed by atoms with Crippen LogP contribution in [-0.4, -0.2) is 14.1 Å². The first-order chi connectivity index (χ1) is 16.2. The highest BCUT2D eigenvalue weighted by atomic mass is 28.4. The average molecular weight is 469 g/mol. The van der Waals surface area contributed by atoms with E-state index in [0.29, 0.717) is 17.1 Å². The van der Waals surface area contributed by atoms with Gasteiger partial charge in [-0.05, 0) is 29.8 Å². The Morgan fingerprint density at radius 2 is 1.35 bits per heavy atom. The number of furan rings is 1. The lowest BCUT2D eigenvalue weighted by Gasteiger charge is -2.39. The van der Waals surface area contributed by atoms with Gasteiger partial charge in [0.05, 0.1) is 6.10 Å².